The summed E-state index contributed by atoms with van der Waals surface area (Å²) < 4.78 is 0. The van der Waals surface area contributed by atoms with Gasteiger partial charge < -0.3 is 11.1 Å². The zero-order chi connectivity index (χ0) is 13.4. The van der Waals surface area contributed by atoms with Crippen molar-refractivity contribution in [2.75, 3.05) is 6.54 Å². The smallest absolute Gasteiger partial charge is 0.217 e. The Hall–Kier alpha value is -1.49. The molecule has 0 aliphatic rings. The second-order valence-electron chi connectivity index (χ2n) is 4.44. The molecule has 0 aliphatic heterocycles. The van der Waals surface area contributed by atoms with Crippen LogP contribution in [0.4, 0.5) is 0 Å². The molecule has 98 valence electrons. The standard InChI is InChI=1S/C13H19N3OS/c1-10(7-12(14)17)8-13(18)16-6-4-11-3-2-5-15-9-11/h2-3,5,9-10H,4,6-8H2,1H3,(H2,14,17)(H,16,18)/t10-/m1/s1. The van der Waals surface area contributed by atoms with Crippen molar-refractivity contribution in [2.24, 2.45) is 11.7 Å². The number of hydrogen-bond acceptors (Lipinski definition) is 3. The molecule has 5 heteroatoms. The maximum absolute atomic E-state index is 10.7. The lowest BCUT2D eigenvalue weighted by atomic mass is 10.0. The third-order valence-corrected chi connectivity index (χ3v) is 2.85. The number of hydrogen-bond donors (Lipinski definition) is 2. The van der Waals surface area contributed by atoms with Crippen LogP contribution in [-0.2, 0) is 11.2 Å². The minimum atomic E-state index is -0.277. The molecule has 1 heterocycles. The molecule has 0 unspecified atom stereocenters. The number of primary amides is 1. The third kappa shape index (κ3) is 6.30. The molecule has 3 N–H and O–H groups in total. The second kappa shape index (κ2) is 7.76. The summed E-state index contributed by atoms with van der Waals surface area (Å²) in [6.45, 7) is 2.76. The van der Waals surface area contributed by atoms with Crippen LogP contribution in [0, 0.1) is 5.92 Å². The SMILES string of the molecule is C[C@H](CC(N)=O)CC(=S)NCCc1cccnc1. The maximum Gasteiger partial charge on any atom is 0.217 e. The predicted molar refractivity (Wildman–Crippen MR) is 76.1 cm³/mol. The lowest BCUT2D eigenvalue weighted by Gasteiger charge is -2.12. The second-order valence-corrected chi connectivity index (χ2v) is 4.93. The molecule has 4 nitrogen and oxygen atoms in total. The Morgan fingerprint density at radius 2 is 2.33 bits per heavy atom. The van der Waals surface area contributed by atoms with Gasteiger partial charge in [-0.1, -0.05) is 25.2 Å². The Labute approximate surface area is 113 Å². The van der Waals surface area contributed by atoms with Gasteiger partial charge in [0.15, 0.2) is 0 Å². The lowest BCUT2D eigenvalue weighted by molar-refractivity contribution is -0.118. The zero-order valence-corrected chi connectivity index (χ0v) is 11.4. The number of pyridine rings is 1. The molecular weight excluding hydrogens is 246 g/mol. The Bertz CT molecular complexity index is 394. The molecule has 0 bridgehead atoms. The number of nitrogens with two attached hydrogens (primary N) is 1. The highest BCUT2D eigenvalue weighted by molar-refractivity contribution is 7.80. The van der Waals surface area contributed by atoms with Crippen molar-refractivity contribution in [1.82, 2.24) is 10.3 Å². The van der Waals surface area contributed by atoms with Crippen molar-refractivity contribution < 1.29 is 4.79 Å². The summed E-state index contributed by atoms with van der Waals surface area (Å²) in [5, 5.41) is 3.19. The van der Waals surface area contributed by atoms with E-state index < -0.39 is 0 Å². The number of aromatic nitrogens is 1. The van der Waals surface area contributed by atoms with Crippen molar-refractivity contribution in [3.05, 3.63) is 30.1 Å². The van der Waals surface area contributed by atoms with Crippen molar-refractivity contribution in [3.8, 4) is 0 Å². The third-order valence-electron chi connectivity index (χ3n) is 2.54. The topological polar surface area (TPSA) is 68.0 Å². The summed E-state index contributed by atoms with van der Waals surface area (Å²) in [4.78, 5) is 15.6. The van der Waals surface area contributed by atoms with Gasteiger partial charge in [-0.25, -0.2) is 0 Å². The minimum absolute atomic E-state index is 0.195. The van der Waals surface area contributed by atoms with Gasteiger partial charge in [0, 0.05) is 31.8 Å². The highest BCUT2D eigenvalue weighted by Crippen LogP contribution is 2.07. The molecule has 0 fully saturated rings. The molecule has 1 amide bonds. The normalized spacial score (nSPS) is 11.8. The quantitative estimate of drug-likeness (QED) is 0.732. The first-order valence-corrected chi connectivity index (χ1v) is 6.42. The van der Waals surface area contributed by atoms with Crippen molar-refractivity contribution in [1.29, 1.82) is 0 Å². The van der Waals surface area contributed by atoms with Crippen LogP contribution in [0.5, 0.6) is 0 Å². The van der Waals surface area contributed by atoms with Gasteiger partial charge in [-0.3, -0.25) is 9.78 Å². The summed E-state index contributed by atoms with van der Waals surface area (Å²) >= 11 is 5.22. The van der Waals surface area contributed by atoms with Crippen LogP contribution in [0.15, 0.2) is 24.5 Å². The fourth-order valence-corrected chi connectivity index (χ4v) is 2.08. The molecule has 1 aromatic rings. The van der Waals surface area contributed by atoms with Gasteiger partial charge in [-0.15, -0.1) is 0 Å². The fraction of sp³-hybridized carbons (Fsp3) is 0.462. The Morgan fingerprint density at radius 3 is 2.94 bits per heavy atom. The number of carbonyl (C=O) groups is 1. The molecule has 1 atom stereocenters. The van der Waals surface area contributed by atoms with E-state index in [-0.39, 0.29) is 11.8 Å². The monoisotopic (exact) mass is 265 g/mol. The average Bonchev–Trinajstić information content (AvgIpc) is 2.29. The molecule has 0 saturated carbocycles. The van der Waals surface area contributed by atoms with E-state index >= 15 is 0 Å². The average molecular weight is 265 g/mol. The van der Waals surface area contributed by atoms with Crippen LogP contribution in [0.1, 0.15) is 25.3 Å². The summed E-state index contributed by atoms with van der Waals surface area (Å²) in [6, 6.07) is 3.95. The Balaban J connectivity index is 2.19. The highest BCUT2D eigenvalue weighted by atomic mass is 32.1. The van der Waals surface area contributed by atoms with Gasteiger partial charge in [0.2, 0.25) is 5.91 Å². The first-order chi connectivity index (χ1) is 8.58. The summed E-state index contributed by atoms with van der Waals surface area (Å²) in [5.74, 6) is -0.0819. The maximum atomic E-state index is 10.7. The van der Waals surface area contributed by atoms with Gasteiger partial charge >= 0.3 is 0 Å². The van der Waals surface area contributed by atoms with Crippen LogP contribution in [0.2, 0.25) is 0 Å². The van der Waals surface area contributed by atoms with E-state index in [9.17, 15) is 4.79 Å². The van der Waals surface area contributed by atoms with Gasteiger partial charge in [0.25, 0.3) is 0 Å². The number of carbonyl (C=O) groups excluding carboxylic acids is 1. The molecule has 1 rings (SSSR count). The van der Waals surface area contributed by atoms with Gasteiger partial charge in [-0.2, -0.15) is 0 Å². The zero-order valence-electron chi connectivity index (χ0n) is 10.6. The van der Waals surface area contributed by atoms with E-state index in [4.69, 9.17) is 18.0 Å². The van der Waals surface area contributed by atoms with Crippen LogP contribution >= 0.6 is 12.2 Å². The molecule has 0 aliphatic carbocycles. The first-order valence-electron chi connectivity index (χ1n) is 6.02. The van der Waals surface area contributed by atoms with Crippen molar-refractivity contribution in [2.45, 2.75) is 26.2 Å². The molecule has 0 radical (unpaired) electrons. The molecule has 0 aromatic carbocycles. The number of rotatable bonds is 7. The van der Waals surface area contributed by atoms with E-state index in [0.29, 0.717) is 12.8 Å². The number of nitrogens with one attached hydrogen (secondary N) is 1. The summed E-state index contributed by atoms with van der Waals surface area (Å²) in [7, 11) is 0. The molecule has 1 aromatic heterocycles. The first kappa shape index (κ1) is 14.6. The number of nitrogens with zero attached hydrogens (tertiary/aromatic N) is 1. The predicted octanol–water partition coefficient (Wildman–Crippen LogP) is 1.44. The number of amides is 1. The van der Waals surface area contributed by atoms with Gasteiger partial charge in [0.05, 0.1) is 4.99 Å². The van der Waals surface area contributed by atoms with Crippen molar-refractivity contribution >= 4 is 23.1 Å². The molecule has 0 saturated heterocycles. The summed E-state index contributed by atoms with van der Waals surface area (Å²) in [5.41, 5.74) is 6.31. The van der Waals surface area contributed by atoms with Crippen molar-refractivity contribution in [3.63, 3.8) is 0 Å². The van der Waals surface area contributed by atoms with Crippen LogP contribution < -0.4 is 11.1 Å². The Morgan fingerprint density at radius 1 is 1.56 bits per heavy atom. The van der Waals surface area contributed by atoms with Gasteiger partial charge in [0.1, 0.15) is 0 Å². The van der Waals surface area contributed by atoms with E-state index in [1.807, 2.05) is 25.3 Å². The molecule has 0 spiro atoms. The number of thiocarbonyl (C=S) groups is 1. The lowest BCUT2D eigenvalue weighted by Crippen LogP contribution is -2.26. The van der Waals surface area contributed by atoms with Gasteiger partial charge in [-0.05, 0) is 24.0 Å². The van der Waals surface area contributed by atoms with Crippen LogP contribution in [0.25, 0.3) is 0 Å². The molecular formula is C13H19N3OS. The van der Waals surface area contributed by atoms with Crippen LogP contribution in [-0.4, -0.2) is 22.4 Å². The molecule has 18 heavy (non-hydrogen) atoms. The van der Waals surface area contributed by atoms with E-state index in [0.717, 1.165) is 18.0 Å². The van der Waals surface area contributed by atoms with E-state index in [1.54, 1.807) is 6.20 Å². The Kier molecular flexibility index (Phi) is 6.28. The largest absolute Gasteiger partial charge is 0.379 e. The summed E-state index contributed by atoms with van der Waals surface area (Å²) in [6.07, 6.45) is 5.57. The van der Waals surface area contributed by atoms with E-state index in [1.165, 1.54) is 5.56 Å². The highest BCUT2D eigenvalue weighted by Gasteiger charge is 2.08. The van der Waals surface area contributed by atoms with E-state index in [2.05, 4.69) is 10.3 Å². The van der Waals surface area contributed by atoms with Crippen LogP contribution in [0.3, 0.4) is 0 Å². The fourth-order valence-electron chi connectivity index (χ4n) is 1.70. The minimum Gasteiger partial charge on any atom is -0.379 e.